The summed E-state index contributed by atoms with van der Waals surface area (Å²) < 4.78 is 5.35. The molecule has 0 unspecified atom stereocenters. The molecule has 0 saturated heterocycles. The number of hydrogen-bond acceptors (Lipinski definition) is 6. The molecule has 0 bridgehead atoms. The maximum absolute atomic E-state index is 12.9. The number of furan rings is 1. The standard InChI is InChI=1S/C18H17N3O5/c1-2-5-15(22)20-16(14-7-4-9-26-14)12-10-13(21(24)25)11-6-3-8-19-17(11)18(12)23/h3-4,6-10,16,23H,2,5H2,1H3,(H,20,22)/p-1/t16-/m0/s1. The molecule has 8 nitrogen and oxygen atoms in total. The number of nitrogens with one attached hydrogen (secondary N) is 1. The summed E-state index contributed by atoms with van der Waals surface area (Å²) in [6.45, 7) is 1.85. The maximum Gasteiger partial charge on any atom is 0.279 e. The Balaban J connectivity index is 2.20. The molecular weight excluding hydrogens is 338 g/mol. The fraction of sp³-hybridized carbons (Fsp3) is 0.222. The van der Waals surface area contributed by atoms with Gasteiger partial charge in [-0.15, -0.1) is 0 Å². The van der Waals surface area contributed by atoms with Gasteiger partial charge in [-0.1, -0.05) is 12.7 Å². The van der Waals surface area contributed by atoms with Gasteiger partial charge in [0.05, 0.1) is 22.1 Å². The van der Waals surface area contributed by atoms with Gasteiger partial charge in [-0.25, -0.2) is 0 Å². The molecule has 0 aliphatic carbocycles. The average molecular weight is 354 g/mol. The minimum absolute atomic E-state index is 0.0157. The van der Waals surface area contributed by atoms with Gasteiger partial charge >= 0.3 is 0 Å². The second kappa shape index (κ2) is 7.22. The predicted molar refractivity (Wildman–Crippen MR) is 91.4 cm³/mol. The van der Waals surface area contributed by atoms with Crippen molar-refractivity contribution in [2.75, 3.05) is 0 Å². The molecule has 2 heterocycles. The SMILES string of the molecule is CCCC(=O)N[C@H](c1ccco1)c1cc([N+](=O)[O-])c2cccnc2c1[O-]. The lowest BCUT2D eigenvalue weighted by Crippen LogP contribution is -2.29. The predicted octanol–water partition coefficient (Wildman–Crippen LogP) is 2.82. The number of amides is 1. The number of fused-ring (bicyclic) bond motifs is 1. The van der Waals surface area contributed by atoms with Crippen LogP contribution < -0.4 is 10.4 Å². The van der Waals surface area contributed by atoms with E-state index in [1.54, 1.807) is 12.1 Å². The van der Waals surface area contributed by atoms with Crippen molar-refractivity contribution in [3.63, 3.8) is 0 Å². The quantitative estimate of drug-likeness (QED) is 0.536. The number of benzene rings is 1. The molecule has 1 amide bonds. The topological polar surface area (TPSA) is 121 Å². The number of aromatic nitrogens is 1. The summed E-state index contributed by atoms with van der Waals surface area (Å²) in [5.74, 6) is -0.447. The average Bonchev–Trinajstić information content (AvgIpc) is 3.15. The first-order valence-corrected chi connectivity index (χ1v) is 8.08. The Labute approximate surface area is 148 Å². The van der Waals surface area contributed by atoms with Crippen LogP contribution in [-0.4, -0.2) is 15.8 Å². The van der Waals surface area contributed by atoms with Crippen molar-refractivity contribution in [1.29, 1.82) is 0 Å². The van der Waals surface area contributed by atoms with E-state index < -0.39 is 16.7 Å². The fourth-order valence-electron chi connectivity index (χ4n) is 2.80. The number of rotatable bonds is 6. The van der Waals surface area contributed by atoms with Crippen molar-refractivity contribution in [3.8, 4) is 5.75 Å². The second-order valence-corrected chi connectivity index (χ2v) is 5.74. The number of nitro benzene ring substituents is 1. The Hall–Kier alpha value is -3.42. The molecule has 1 N–H and O–H groups in total. The van der Waals surface area contributed by atoms with E-state index in [1.165, 1.54) is 30.7 Å². The first kappa shape index (κ1) is 17.4. The molecule has 0 saturated carbocycles. The molecule has 0 radical (unpaired) electrons. The van der Waals surface area contributed by atoms with Crippen molar-refractivity contribution in [3.05, 3.63) is 64.2 Å². The van der Waals surface area contributed by atoms with Crippen molar-refractivity contribution < 1.29 is 19.2 Å². The van der Waals surface area contributed by atoms with E-state index in [1.807, 2.05) is 6.92 Å². The number of nitro groups is 1. The van der Waals surface area contributed by atoms with Crippen LogP contribution in [0.1, 0.15) is 37.1 Å². The minimum atomic E-state index is -0.929. The molecule has 0 fully saturated rings. The van der Waals surface area contributed by atoms with E-state index in [2.05, 4.69) is 10.3 Å². The lowest BCUT2D eigenvalue weighted by atomic mass is 9.99. The van der Waals surface area contributed by atoms with E-state index in [-0.39, 0.29) is 34.5 Å². The van der Waals surface area contributed by atoms with Crippen molar-refractivity contribution in [2.24, 2.45) is 0 Å². The summed E-state index contributed by atoms with van der Waals surface area (Å²) >= 11 is 0. The van der Waals surface area contributed by atoms with E-state index >= 15 is 0 Å². The number of hydrogen-bond donors (Lipinski definition) is 1. The van der Waals surface area contributed by atoms with Gasteiger partial charge in [0.15, 0.2) is 0 Å². The van der Waals surface area contributed by atoms with Gasteiger partial charge in [-0.05, 0) is 36.2 Å². The highest BCUT2D eigenvalue weighted by atomic mass is 16.6. The van der Waals surface area contributed by atoms with Crippen molar-refractivity contribution in [2.45, 2.75) is 25.8 Å². The molecular formula is C18H16N3O5-. The summed E-state index contributed by atoms with van der Waals surface area (Å²) in [7, 11) is 0. The van der Waals surface area contributed by atoms with Crippen LogP contribution in [-0.2, 0) is 4.79 Å². The first-order valence-electron chi connectivity index (χ1n) is 8.08. The summed E-state index contributed by atoms with van der Waals surface area (Å²) in [6.07, 6.45) is 3.70. The number of pyridine rings is 1. The van der Waals surface area contributed by atoms with E-state index in [4.69, 9.17) is 4.42 Å². The highest BCUT2D eigenvalue weighted by molar-refractivity contribution is 5.93. The molecule has 0 aliphatic rings. The largest absolute Gasteiger partial charge is 0.871 e. The lowest BCUT2D eigenvalue weighted by molar-refractivity contribution is -0.383. The molecule has 3 aromatic rings. The van der Waals surface area contributed by atoms with E-state index in [0.717, 1.165) is 0 Å². The van der Waals surface area contributed by atoms with Gasteiger partial charge in [0.25, 0.3) is 5.69 Å². The van der Waals surface area contributed by atoms with Crippen LogP contribution in [0.15, 0.2) is 47.2 Å². The zero-order valence-corrected chi connectivity index (χ0v) is 14.0. The molecule has 2 aromatic heterocycles. The van der Waals surface area contributed by atoms with Crippen LogP contribution >= 0.6 is 0 Å². The normalized spacial score (nSPS) is 12.0. The number of carbonyl (C=O) groups excluding carboxylic acids is 1. The number of non-ortho nitro benzene ring substituents is 1. The smallest absolute Gasteiger partial charge is 0.279 e. The molecule has 26 heavy (non-hydrogen) atoms. The molecule has 3 rings (SSSR count). The summed E-state index contributed by atoms with van der Waals surface area (Å²) in [6, 6.07) is 6.48. The summed E-state index contributed by atoms with van der Waals surface area (Å²) in [5.41, 5.74) is -0.218. The van der Waals surface area contributed by atoms with Gasteiger partial charge in [-0.2, -0.15) is 0 Å². The van der Waals surface area contributed by atoms with Crippen molar-refractivity contribution >= 4 is 22.5 Å². The van der Waals surface area contributed by atoms with Crippen LogP contribution in [0.25, 0.3) is 10.9 Å². The van der Waals surface area contributed by atoms with Crippen LogP contribution in [0.4, 0.5) is 5.69 Å². The zero-order valence-electron chi connectivity index (χ0n) is 14.0. The molecule has 0 aliphatic heterocycles. The minimum Gasteiger partial charge on any atom is -0.871 e. The van der Waals surface area contributed by atoms with Gasteiger partial charge in [0.2, 0.25) is 5.91 Å². The number of nitrogens with zero attached hydrogens (tertiary/aromatic N) is 2. The van der Waals surface area contributed by atoms with E-state index in [0.29, 0.717) is 12.2 Å². The highest BCUT2D eigenvalue weighted by Crippen LogP contribution is 2.38. The first-order chi connectivity index (χ1) is 12.5. The van der Waals surface area contributed by atoms with Crippen LogP contribution in [0.2, 0.25) is 0 Å². The lowest BCUT2D eigenvalue weighted by Gasteiger charge is -2.23. The molecule has 134 valence electrons. The van der Waals surface area contributed by atoms with E-state index in [9.17, 15) is 20.0 Å². The molecule has 1 aromatic carbocycles. The van der Waals surface area contributed by atoms with Gasteiger partial charge < -0.3 is 14.8 Å². The fourth-order valence-corrected chi connectivity index (χ4v) is 2.80. The van der Waals surface area contributed by atoms with Gasteiger partial charge in [0.1, 0.15) is 11.8 Å². The summed E-state index contributed by atoms with van der Waals surface area (Å²) in [5, 5.41) is 27.3. The molecule has 0 spiro atoms. The van der Waals surface area contributed by atoms with Gasteiger partial charge in [-0.3, -0.25) is 19.9 Å². The molecule has 8 heteroatoms. The monoisotopic (exact) mass is 354 g/mol. The number of carbonyl (C=O) groups is 1. The zero-order chi connectivity index (χ0) is 18.7. The third-order valence-electron chi connectivity index (χ3n) is 3.97. The third-order valence-corrected chi connectivity index (χ3v) is 3.97. The third kappa shape index (κ3) is 3.21. The summed E-state index contributed by atoms with van der Waals surface area (Å²) in [4.78, 5) is 27.0. The van der Waals surface area contributed by atoms with Crippen molar-refractivity contribution in [1.82, 2.24) is 10.3 Å². The Bertz CT molecular complexity index is 953. The second-order valence-electron chi connectivity index (χ2n) is 5.74. The maximum atomic E-state index is 12.9. The van der Waals surface area contributed by atoms with Crippen LogP contribution in [0.3, 0.4) is 0 Å². The highest BCUT2D eigenvalue weighted by Gasteiger charge is 2.25. The molecule has 1 atom stereocenters. The Morgan fingerprint density at radius 2 is 2.19 bits per heavy atom. The Kier molecular flexibility index (Phi) is 4.83. The van der Waals surface area contributed by atoms with Gasteiger partial charge in [0, 0.05) is 18.7 Å². The van der Waals surface area contributed by atoms with Crippen LogP contribution in [0.5, 0.6) is 5.75 Å². The Morgan fingerprint density at radius 3 is 2.85 bits per heavy atom. The Morgan fingerprint density at radius 1 is 1.38 bits per heavy atom. The van der Waals surface area contributed by atoms with Crippen LogP contribution in [0, 0.1) is 10.1 Å².